The van der Waals surface area contributed by atoms with E-state index >= 15 is 0 Å². The van der Waals surface area contributed by atoms with Crippen LogP contribution in [0.25, 0.3) is 23.4 Å². The van der Waals surface area contributed by atoms with E-state index in [0.29, 0.717) is 10.0 Å². The van der Waals surface area contributed by atoms with Crippen LogP contribution in [0.2, 0.25) is 10.0 Å². The number of imidazole rings is 1. The first kappa shape index (κ1) is 16.6. The molecule has 3 aromatic rings. The molecule has 122 valence electrons. The minimum atomic E-state index is 0.252. The van der Waals surface area contributed by atoms with E-state index in [1.165, 1.54) is 0 Å². The summed E-state index contributed by atoms with van der Waals surface area (Å²) in [4.78, 5) is 4.67. The summed E-state index contributed by atoms with van der Waals surface area (Å²) in [7, 11) is 0. The molecule has 3 rings (SSSR count). The summed E-state index contributed by atoms with van der Waals surface area (Å²) in [6.07, 6.45) is 5.88. The lowest BCUT2D eigenvalue weighted by molar-refractivity contribution is 0.475. The van der Waals surface area contributed by atoms with E-state index in [4.69, 9.17) is 23.2 Å². The molecule has 3 nitrogen and oxygen atoms in total. The molecule has 0 saturated carbocycles. The van der Waals surface area contributed by atoms with Crippen molar-refractivity contribution in [3.8, 4) is 17.0 Å². The molecule has 0 amide bonds. The van der Waals surface area contributed by atoms with Crippen LogP contribution < -0.4 is 0 Å². The second-order valence-electron chi connectivity index (χ2n) is 5.32. The lowest BCUT2D eigenvalue weighted by Crippen LogP contribution is -1.94. The van der Waals surface area contributed by atoms with Gasteiger partial charge in [0.15, 0.2) is 0 Å². The van der Waals surface area contributed by atoms with Gasteiger partial charge in [0.2, 0.25) is 0 Å². The second-order valence-corrected chi connectivity index (χ2v) is 6.16. The van der Waals surface area contributed by atoms with E-state index in [9.17, 15) is 5.11 Å². The third-order valence-electron chi connectivity index (χ3n) is 3.67. The topological polar surface area (TPSA) is 38.0 Å². The van der Waals surface area contributed by atoms with Crippen LogP contribution in [0, 0.1) is 0 Å². The smallest absolute Gasteiger partial charge is 0.133 e. The maximum atomic E-state index is 9.34. The SMILES string of the molecule is CCn1cc(-c2ccc(Cl)cc2Cl)nc1/C=C/c1ccc(O)cc1. The first-order chi connectivity index (χ1) is 11.6. The number of aryl methyl sites for hydroxylation is 1. The number of benzene rings is 2. The normalized spacial score (nSPS) is 11.3. The molecule has 5 heteroatoms. The highest BCUT2D eigenvalue weighted by Gasteiger charge is 2.10. The van der Waals surface area contributed by atoms with Crippen LogP contribution in [-0.2, 0) is 6.54 Å². The number of phenolic OH excluding ortho intramolecular Hbond substituents is 1. The highest BCUT2D eigenvalue weighted by molar-refractivity contribution is 6.36. The van der Waals surface area contributed by atoms with Gasteiger partial charge in [-0.1, -0.05) is 41.4 Å². The second kappa shape index (κ2) is 7.12. The van der Waals surface area contributed by atoms with Gasteiger partial charge in [0, 0.05) is 23.3 Å². The average Bonchev–Trinajstić information content (AvgIpc) is 2.97. The summed E-state index contributed by atoms with van der Waals surface area (Å²) >= 11 is 12.2. The Kier molecular flexibility index (Phi) is 4.93. The first-order valence-corrected chi connectivity index (χ1v) is 8.32. The number of phenols is 1. The van der Waals surface area contributed by atoms with Crippen LogP contribution in [0.1, 0.15) is 18.3 Å². The molecule has 0 radical (unpaired) electrons. The molecule has 1 N–H and O–H groups in total. The van der Waals surface area contributed by atoms with Crippen molar-refractivity contribution in [3.63, 3.8) is 0 Å². The molecule has 0 fully saturated rings. The molecule has 0 unspecified atom stereocenters. The van der Waals surface area contributed by atoms with Crippen LogP contribution in [-0.4, -0.2) is 14.7 Å². The van der Waals surface area contributed by atoms with Gasteiger partial charge in [0.05, 0.1) is 10.7 Å². The Labute approximate surface area is 150 Å². The van der Waals surface area contributed by atoms with Crippen LogP contribution >= 0.6 is 23.2 Å². The number of hydrogen-bond acceptors (Lipinski definition) is 2. The Morgan fingerprint density at radius 3 is 2.50 bits per heavy atom. The van der Waals surface area contributed by atoms with Crippen molar-refractivity contribution >= 4 is 35.4 Å². The predicted molar refractivity (Wildman–Crippen MR) is 100 cm³/mol. The number of nitrogens with zero attached hydrogens (tertiary/aromatic N) is 2. The molecule has 0 bridgehead atoms. The first-order valence-electron chi connectivity index (χ1n) is 7.56. The number of aromatic nitrogens is 2. The van der Waals surface area contributed by atoms with Gasteiger partial charge in [0.1, 0.15) is 11.6 Å². The minimum Gasteiger partial charge on any atom is -0.508 e. The van der Waals surface area contributed by atoms with Crippen molar-refractivity contribution in [2.45, 2.75) is 13.5 Å². The van der Waals surface area contributed by atoms with Gasteiger partial charge in [-0.05, 0) is 48.9 Å². The monoisotopic (exact) mass is 358 g/mol. The Morgan fingerprint density at radius 1 is 1.08 bits per heavy atom. The summed E-state index contributed by atoms with van der Waals surface area (Å²) in [6, 6.07) is 12.4. The van der Waals surface area contributed by atoms with Gasteiger partial charge in [0.25, 0.3) is 0 Å². The van der Waals surface area contributed by atoms with Crippen LogP contribution in [0.4, 0.5) is 0 Å². The van der Waals surface area contributed by atoms with Gasteiger partial charge < -0.3 is 9.67 Å². The number of halogens is 2. The third-order valence-corrected chi connectivity index (χ3v) is 4.22. The van der Waals surface area contributed by atoms with Crippen LogP contribution in [0.15, 0.2) is 48.7 Å². The quantitative estimate of drug-likeness (QED) is 0.644. The van der Waals surface area contributed by atoms with Crippen molar-refractivity contribution < 1.29 is 5.11 Å². The highest BCUT2D eigenvalue weighted by atomic mass is 35.5. The summed E-state index contributed by atoms with van der Waals surface area (Å²) in [6.45, 7) is 2.86. The fourth-order valence-corrected chi connectivity index (χ4v) is 2.91. The van der Waals surface area contributed by atoms with E-state index in [2.05, 4.69) is 16.5 Å². The predicted octanol–water partition coefficient (Wildman–Crippen LogP) is 5.75. The molecule has 0 aliphatic carbocycles. The molecule has 0 atom stereocenters. The molecule has 1 aromatic heterocycles. The lowest BCUT2D eigenvalue weighted by Gasteiger charge is -2.00. The molecule has 0 aliphatic heterocycles. The number of rotatable bonds is 4. The van der Waals surface area contributed by atoms with E-state index in [1.807, 2.05) is 36.5 Å². The lowest BCUT2D eigenvalue weighted by atomic mass is 10.2. The van der Waals surface area contributed by atoms with Crippen molar-refractivity contribution in [3.05, 3.63) is 70.1 Å². The Balaban J connectivity index is 1.94. The van der Waals surface area contributed by atoms with Crippen molar-refractivity contribution in [1.82, 2.24) is 9.55 Å². The van der Waals surface area contributed by atoms with Crippen LogP contribution in [0.3, 0.4) is 0 Å². The fourth-order valence-electron chi connectivity index (χ4n) is 2.40. The maximum Gasteiger partial charge on any atom is 0.133 e. The summed E-state index contributed by atoms with van der Waals surface area (Å²) < 4.78 is 2.05. The highest BCUT2D eigenvalue weighted by Crippen LogP contribution is 2.30. The van der Waals surface area contributed by atoms with Gasteiger partial charge >= 0.3 is 0 Å². The third kappa shape index (κ3) is 3.64. The summed E-state index contributed by atoms with van der Waals surface area (Å²) in [5.41, 5.74) is 2.65. The van der Waals surface area contributed by atoms with E-state index in [-0.39, 0.29) is 5.75 Å². The minimum absolute atomic E-state index is 0.252. The molecule has 24 heavy (non-hydrogen) atoms. The van der Waals surface area contributed by atoms with E-state index in [0.717, 1.165) is 29.2 Å². The molecule has 0 aliphatic rings. The zero-order valence-corrected chi connectivity index (χ0v) is 14.6. The Bertz CT molecular complexity index is 883. The average molecular weight is 359 g/mol. The molecule has 0 saturated heterocycles. The van der Waals surface area contributed by atoms with Gasteiger partial charge in [-0.3, -0.25) is 0 Å². The summed E-state index contributed by atoms with van der Waals surface area (Å²) in [5, 5.41) is 10.5. The molecular weight excluding hydrogens is 343 g/mol. The van der Waals surface area contributed by atoms with Gasteiger partial charge in [-0.25, -0.2) is 4.98 Å². The Morgan fingerprint density at radius 2 is 1.83 bits per heavy atom. The number of aromatic hydroxyl groups is 1. The molecule has 2 aromatic carbocycles. The number of hydrogen-bond donors (Lipinski definition) is 1. The zero-order chi connectivity index (χ0) is 17.1. The zero-order valence-electron chi connectivity index (χ0n) is 13.1. The molecule has 1 heterocycles. The maximum absolute atomic E-state index is 9.34. The molecule has 0 spiro atoms. The molecular formula is C19H16Cl2N2O. The summed E-state index contributed by atoms with van der Waals surface area (Å²) in [5.74, 6) is 1.09. The van der Waals surface area contributed by atoms with Gasteiger partial charge in [-0.15, -0.1) is 0 Å². The largest absolute Gasteiger partial charge is 0.508 e. The van der Waals surface area contributed by atoms with Crippen molar-refractivity contribution in [2.75, 3.05) is 0 Å². The van der Waals surface area contributed by atoms with Crippen molar-refractivity contribution in [2.24, 2.45) is 0 Å². The van der Waals surface area contributed by atoms with Crippen LogP contribution in [0.5, 0.6) is 5.75 Å². The van der Waals surface area contributed by atoms with Crippen molar-refractivity contribution in [1.29, 1.82) is 0 Å². The Hall–Kier alpha value is -2.23. The standard InChI is InChI=1S/C19H16Cl2N2O/c1-2-23-12-18(16-9-6-14(20)11-17(16)21)22-19(23)10-5-13-3-7-15(24)8-4-13/h3-12,24H,2H2,1H3/b10-5+. The van der Waals surface area contributed by atoms with Gasteiger partial charge in [-0.2, -0.15) is 0 Å². The fraction of sp³-hybridized carbons (Fsp3) is 0.105. The van der Waals surface area contributed by atoms with E-state index in [1.54, 1.807) is 24.3 Å². The van der Waals surface area contributed by atoms with E-state index < -0.39 is 0 Å².